The highest BCUT2D eigenvalue weighted by atomic mass is 16.5. The summed E-state index contributed by atoms with van der Waals surface area (Å²) in [5, 5.41) is 22.8. The Labute approximate surface area is 99.1 Å². The van der Waals surface area contributed by atoms with Crippen molar-refractivity contribution < 1.29 is 24.5 Å². The predicted octanol–water partition coefficient (Wildman–Crippen LogP) is -0.703. The number of hydrogen-bond donors (Lipinski definition) is 4. The molecule has 98 valence electrons. The second-order valence-corrected chi connectivity index (χ2v) is 4.20. The van der Waals surface area contributed by atoms with E-state index in [9.17, 15) is 14.7 Å². The van der Waals surface area contributed by atoms with E-state index in [4.69, 9.17) is 9.84 Å². The van der Waals surface area contributed by atoms with Crippen LogP contribution in [-0.4, -0.2) is 53.6 Å². The lowest BCUT2D eigenvalue weighted by molar-refractivity contribution is -0.141. The fourth-order valence-electron chi connectivity index (χ4n) is 1.63. The molecule has 1 saturated carbocycles. The second-order valence-electron chi connectivity index (χ2n) is 4.20. The summed E-state index contributed by atoms with van der Waals surface area (Å²) in [6.45, 7) is 1.31. The maximum atomic E-state index is 11.4. The van der Waals surface area contributed by atoms with Crippen LogP contribution in [0.2, 0.25) is 0 Å². The van der Waals surface area contributed by atoms with Crippen molar-refractivity contribution in [2.75, 3.05) is 7.11 Å². The van der Waals surface area contributed by atoms with E-state index in [2.05, 4.69) is 10.6 Å². The number of methoxy groups -OCH3 is 1. The van der Waals surface area contributed by atoms with E-state index < -0.39 is 24.1 Å². The minimum atomic E-state index is -1.30. The molecule has 7 heteroatoms. The number of aliphatic hydroxyl groups is 1. The van der Waals surface area contributed by atoms with Gasteiger partial charge in [0.25, 0.3) is 0 Å². The second kappa shape index (κ2) is 5.83. The van der Waals surface area contributed by atoms with Crippen LogP contribution in [0.4, 0.5) is 4.79 Å². The maximum absolute atomic E-state index is 11.4. The van der Waals surface area contributed by atoms with Gasteiger partial charge in [-0.25, -0.2) is 9.59 Å². The predicted molar refractivity (Wildman–Crippen MR) is 58.6 cm³/mol. The van der Waals surface area contributed by atoms with Gasteiger partial charge in [0, 0.05) is 13.2 Å². The van der Waals surface area contributed by atoms with E-state index >= 15 is 0 Å². The molecule has 0 aromatic carbocycles. The minimum Gasteiger partial charge on any atom is -0.480 e. The van der Waals surface area contributed by atoms with Gasteiger partial charge in [-0.05, 0) is 19.8 Å². The number of carboxylic acid groups (broad SMARTS) is 1. The molecule has 0 bridgehead atoms. The Morgan fingerprint density at radius 3 is 2.41 bits per heavy atom. The number of carbonyl (C=O) groups excluding carboxylic acids is 1. The number of carboxylic acids is 1. The fourth-order valence-corrected chi connectivity index (χ4v) is 1.63. The Hall–Kier alpha value is -1.34. The first kappa shape index (κ1) is 13.7. The van der Waals surface area contributed by atoms with Gasteiger partial charge in [0.2, 0.25) is 0 Å². The van der Waals surface area contributed by atoms with Crippen LogP contribution in [0.3, 0.4) is 0 Å². The molecule has 0 spiro atoms. The number of ether oxygens (including phenoxy) is 1. The summed E-state index contributed by atoms with van der Waals surface area (Å²) in [5.74, 6) is -1.27. The highest BCUT2D eigenvalue weighted by molar-refractivity contribution is 5.83. The summed E-state index contributed by atoms with van der Waals surface area (Å²) in [5.41, 5.74) is 0. The topological polar surface area (TPSA) is 108 Å². The average Bonchev–Trinajstić information content (AvgIpc) is 2.18. The van der Waals surface area contributed by atoms with Crippen molar-refractivity contribution in [3.63, 3.8) is 0 Å². The first-order valence-electron chi connectivity index (χ1n) is 5.44. The number of carbonyl (C=O) groups is 2. The molecule has 0 radical (unpaired) electrons. The zero-order valence-electron chi connectivity index (χ0n) is 9.84. The van der Waals surface area contributed by atoms with Crippen molar-refractivity contribution in [1.82, 2.24) is 10.6 Å². The molecule has 0 aromatic heterocycles. The van der Waals surface area contributed by atoms with Crippen LogP contribution < -0.4 is 10.6 Å². The largest absolute Gasteiger partial charge is 0.480 e. The summed E-state index contributed by atoms with van der Waals surface area (Å²) in [6, 6.07) is -1.88. The molecule has 7 nitrogen and oxygen atoms in total. The lowest BCUT2D eigenvalue weighted by atomic mass is 9.89. The molecule has 1 aliphatic rings. The Morgan fingerprint density at radius 1 is 1.41 bits per heavy atom. The highest BCUT2D eigenvalue weighted by Gasteiger charge is 2.31. The fraction of sp³-hybridized carbons (Fsp3) is 0.800. The van der Waals surface area contributed by atoms with E-state index in [1.807, 2.05) is 0 Å². The van der Waals surface area contributed by atoms with Gasteiger partial charge in [-0.15, -0.1) is 0 Å². The molecule has 17 heavy (non-hydrogen) atoms. The van der Waals surface area contributed by atoms with Gasteiger partial charge in [0.1, 0.15) is 0 Å². The number of aliphatic hydroxyl groups excluding tert-OH is 1. The molecular weight excluding hydrogens is 228 g/mol. The van der Waals surface area contributed by atoms with Crippen molar-refractivity contribution in [1.29, 1.82) is 0 Å². The minimum absolute atomic E-state index is 0.00314. The molecule has 1 fully saturated rings. The third-order valence-electron chi connectivity index (χ3n) is 2.80. The van der Waals surface area contributed by atoms with E-state index in [1.54, 1.807) is 7.11 Å². The van der Waals surface area contributed by atoms with Crippen molar-refractivity contribution in [2.24, 2.45) is 0 Å². The molecular formula is C10H18N2O5. The van der Waals surface area contributed by atoms with Gasteiger partial charge in [-0.1, -0.05) is 0 Å². The molecule has 4 N–H and O–H groups in total. The van der Waals surface area contributed by atoms with Crippen molar-refractivity contribution in [2.45, 2.75) is 44.1 Å². The molecule has 0 saturated heterocycles. The Balaban J connectivity index is 2.31. The van der Waals surface area contributed by atoms with Crippen LogP contribution >= 0.6 is 0 Å². The zero-order chi connectivity index (χ0) is 13.0. The summed E-state index contributed by atoms with van der Waals surface area (Å²) in [4.78, 5) is 22.1. The number of aliphatic carboxylic acids is 1. The van der Waals surface area contributed by atoms with E-state index in [0.29, 0.717) is 0 Å². The summed E-state index contributed by atoms with van der Waals surface area (Å²) >= 11 is 0. The number of urea groups is 1. The van der Waals surface area contributed by atoms with Crippen LogP contribution in [0.25, 0.3) is 0 Å². The highest BCUT2D eigenvalue weighted by Crippen LogP contribution is 2.22. The Kier molecular flexibility index (Phi) is 4.71. The zero-order valence-corrected chi connectivity index (χ0v) is 9.84. The molecule has 1 rings (SSSR count). The van der Waals surface area contributed by atoms with E-state index in [1.165, 1.54) is 6.92 Å². The summed E-state index contributed by atoms with van der Waals surface area (Å²) < 4.78 is 5.05. The third-order valence-corrected chi connectivity index (χ3v) is 2.80. The van der Waals surface area contributed by atoms with Crippen molar-refractivity contribution in [3.8, 4) is 0 Å². The average molecular weight is 246 g/mol. The van der Waals surface area contributed by atoms with Gasteiger partial charge in [-0.3, -0.25) is 0 Å². The third kappa shape index (κ3) is 3.86. The van der Waals surface area contributed by atoms with Crippen LogP contribution in [-0.2, 0) is 9.53 Å². The maximum Gasteiger partial charge on any atom is 0.328 e. The molecule has 0 aliphatic heterocycles. The standard InChI is InChI=1S/C10H18N2O5/c1-5(13)8(9(14)15)12-10(16)11-6-3-7(4-6)17-2/h5-8,13H,3-4H2,1-2H3,(H,14,15)(H2,11,12,16). The number of nitrogens with one attached hydrogen (secondary N) is 2. The van der Waals surface area contributed by atoms with Gasteiger partial charge in [0.05, 0.1) is 12.2 Å². The molecule has 0 aromatic rings. The molecule has 0 heterocycles. The Morgan fingerprint density at radius 2 is 2.00 bits per heavy atom. The lowest BCUT2D eigenvalue weighted by Crippen LogP contribution is -2.56. The number of amides is 2. The molecule has 2 atom stereocenters. The van der Waals surface area contributed by atoms with Gasteiger partial charge >= 0.3 is 12.0 Å². The van der Waals surface area contributed by atoms with Crippen LogP contribution in [0.15, 0.2) is 0 Å². The first-order chi connectivity index (χ1) is 7.93. The van der Waals surface area contributed by atoms with Crippen LogP contribution in [0.5, 0.6) is 0 Å². The monoisotopic (exact) mass is 246 g/mol. The first-order valence-corrected chi connectivity index (χ1v) is 5.44. The smallest absolute Gasteiger partial charge is 0.328 e. The number of rotatable bonds is 5. The van der Waals surface area contributed by atoms with Gasteiger partial charge in [-0.2, -0.15) is 0 Å². The molecule has 2 amide bonds. The van der Waals surface area contributed by atoms with E-state index in [0.717, 1.165) is 12.8 Å². The lowest BCUT2D eigenvalue weighted by Gasteiger charge is -2.34. The Bertz CT molecular complexity index is 288. The molecule has 2 unspecified atom stereocenters. The normalized spacial score (nSPS) is 26.5. The van der Waals surface area contributed by atoms with Crippen molar-refractivity contribution in [3.05, 3.63) is 0 Å². The summed E-state index contributed by atoms with van der Waals surface area (Å²) in [7, 11) is 1.61. The summed E-state index contributed by atoms with van der Waals surface area (Å²) in [6.07, 6.45) is 0.450. The SMILES string of the molecule is COC1CC(NC(=O)NC(C(=O)O)C(C)O)C1. The van der Waals surface area contributed by atoms with Gasteiger partial charge in [0.15, 0.2) is 6.04 Å². The quantitative estimate of drug-likeness (QED) is 0.513. The number of hydrogen-bond acceptors (Lipinski definition) is 4. The van der Waals surface area contributed by atoms with Gasteiger partial charge < -0.3 is 25.6 Å². The molecule has 1 aliphatic carbocycles. The van der Waals surface area contributed by atoms with Crippen molar-refractivity contribution >= 4 is 12.0 Å². The van der Waals surface area contributed by atoms with Crippen LogP contribution in [0.1, 0.15) is 19.8 Å². The van der Waals surface area contributed by atoms with Crippen LogP contribution in [0, 0.1) is 0 Å². The van der Waals surface area contributed by atoms with E-state index in [-0.39, 0.29) is 12.1 Å².